The van der Waals surface area contributed by atoms with Crippen molar-refractivity contribution >= 4 is 17.3 Å². The molecule has 2 aromatic rings. The van der Waals surface area contributed by atoms with Gasteiger partial charge in [0, 0.05) is 17.8 Å². The van der Waals surface area contributed by atoms with Crippen molar-refractivity contribution in [2.45, 2.75) is 6.42 Å². The topological polar surface area (TPSA) is 87.6 Å². The molecule has 0 fully saturated rings. The Kier molecular flexibility index (Phi) is 5.04. The van der Waals surface area contributed by atoms with E-state index in [9.17, 15) is 4.79 Å². The van der Waals surface area contributed by atoms with Crippen LogP contribution in [0.5, 0.6) is 5.75 Å². The van der Waals surface area contributed by atoms with Crippen molar-refractivity contribution < 1.29 is 14.3 Å². The van der Waals surface area contributed by atoms with Gasteiger partial charge in [0.05, 0.1) is 6.61 Å². The molecule has 5 nitrogen and oxygen atoms in total. The van der Waals surface area contributed by atoms with E-state index in [2.05, 4.69) is 0 Å². The van der Waals surface area contributed by atoms with Crippen LogP contribution in [0.1, 0.15) is 5.56 Å². The average molecular weight is 286 g/mol. The molecule has 2 rings (SSSR count). The van der Waals surface area contributed by atoms with Gasteiger partial charge in [0.25, 0.3) is 0 Å². The lowest BCUT2D eigenvalue weighted by Crippen LogP contribution is -2.16. The summed E-state index contributed by atoms with van der Waals surface area (Å²) in [6, 6.07) is 14.3. The first-order valence-corrected chi connectivity index (χ1v) is 6.62. The van der Waals surface area contributed by atoms with Gasteiger partial charge in [-0.1, -0.05) is 12.1 Å². The fourth-order valence-electron chi connectivity index (χ4n) is 1.71. The standard InChI is InChI=1S/C16H18N2O3/c17-13-3-1-12(2-4-13)9-10-20-16(19)11-21-15-7-5-14(18)6-8-15/h1-8H,9-11,17-18H2. The average Bonchev–Trinajstić information content (AvgIpc) is 2.49. The number of carbonyl (C=O) groups is 1. The largest absolute Gasteiger partial charge is 0.482 e. The van der Waals surface area contributed by atoms with E-state index in [0.29, 0.717) is 30.2 Å². The number of nitrogen functional groups attached to an aromatic ring is 2. The number of carbonyl (C=O) groups excluding carboxylic acids is 1. The lowest BCUT2D eigenvalue weighted by molar-refractivity contribution is -0.145. The number of anilines is 2. The van der Waals surface area contributed by atoms with Gasteiger partial charge in [-0.2, -0.15) is 0 Å². The molecular weight excluding hydrogens is 268 g/mol. The maximum atomic E-state index is 11.5. The minimum absolute atomic E-state index is 0.119. The Morgan fingerprint density at radius 1 is 0.905 bits per heavy atom. The summed E-state index contributed by atoms with van der Waals surface area (Å²) in [4.78, 5) is 11.5. The van der Waals surface area contributed by atoms with Crippen molar-refractivity contribution in [3.8, 4) is 5.75 Å². The van der Waals surface area contributed by atoms with Crippen LogP contribution >= 0.6 is 0 Å². The van der Waals surface area contributed by atoms with Gasteiger partial charge in [-0.05, 0) is 42.0 Å². The predicted molar refractivity (Wildman–Crippen MR) is 81.9 cm³/mol. The molecule has 0 atom stereocenters. The zero-order valence-electron chi connectivity index (χ0n) is 11.6. The lowest BCUT2D eigenvalue weighted by atomic mass is 10.1. The molecule has 110 valence electrons. The maximum Gasteiger partial charge on any atom is 0.344 e. The number of hydrogen-bond acceptors (Lipinski definition) is 5. The number of nitrogens with two attached hydrogens (primary N) is 2. The Bertz CT molecular complexity index is 579. The third-order valence-corrected chi connectivity index (χ3v) is 2.87. The molecule has 4 N–H and O–H groups in total. The molecule has 0 saturated heterocycles. The van der Waals surface area contributed by atoms with Crippen molar-refractivity contribution in [3.63, 3.8) is 0 Å². The van der Waals surface area contributed by atoms with E-state index >= 15 is 0 Å². The van der Waals surface area contributed by atoms with Crippen molar-refractivity contribution in [1.29, 1.82) is 0 Å². The third-order valence-electron chi connectivity index (χ3n) is 2.87. The van der Waals surface area contributed by atoms with Gasteiger partial charge in [0.2, 0.25) is 0 Å². The Hall–Kier alpha value is -2.69. The van der Waals surface area contributed by atoms with Crippen LogP contribution in [0.4, 0.5) is 11.4 Å². The van der Waals surface area contributed by atoms with E-state index in [-0.39, 0.29) is 6.61 Å². The summed E-state index contributed by atoms with van der Waals surface area (Å²) in [7, 11) is 0. The zero-order chi connectivity index (χ0) is 15.1. The summed E-state index contributed by atoms with van der Waals surface area (Å²) in [6.07, 6.45) is 0.647. The molecule has 0 bridgehead atoms. The van der Waals surface area contributed by atoms with Gasteiger partial charge >= 0.3 is 5.97 Å². The van der Waals surface area contributed by atoms with Crippen molar-refractivity contribution in [1.82, 2.24) is 0 Å². The van der Waals surface area contributed by atoms with Crippen LogP contribution in [-0.2, 0) is 16.0 Å². The Morgan fingerprint density at radius 2 is 1.48 bits per heavy atom. The van der Waals surface area contributed by atoms with E-state index in [0.717, 1.165) is 5.56 Å². The monoisotopic (exact) mass is 286 g/mol. The number of esters is 1. The second-order valence-corrected chi connectivity index (χ2v) is 4.57. The SMILES string of the molecule is Nc1ccc(CCOC(=O)COc2ccc(N)cc2)cc1. The van der Waals surface area contributed by atoms with E-state index in [1.165, 1.54) is 0 Å². The lowest BCUT2D eigenvalue weighted by Gasteiger charge is -2.07. The van der Waals surface area contributed by atoms with Gasteiger partial charge in [-0.3, -0.25) is 0 Å². The first-order chi connectivity index (χ1) is 10.1. The fourth-order valence-corrected chi connectivity index (χ4v) is 1.71. The molecule has 0 heterocycles. The van der Waals surface area contributed by atoms with Gasteiger partial charge in [0.1, 0.15) is 5.75 Å². The first-order valence-electron chi connectivity index (χ1n) is 6.62. The molecule has 0 aliphatic heterocycles. The first kappa shape index (κ1) is 14.7. The van der Waals surface area contributed by atoms with Crippen LogP contribution in [0.25, 0.3) is 0 Å². The third kappa shape index (κ3) is 5.06. The summed E-state index contributed by atoms with van der Waals surface area (Å²) in [5.74, 6) is 0.182. The van der Waals surface area contributed by atoms with Crippen LogP contribution < -0.4 is 16.2 Å². The fraction of sp³-hybridized carbons (Fsp3) is 0.188. The molecule has 21 heavy (non-hydrogen) atoms. The molecule has 0 spiro atoms. The van der Waals surface area contributed by atoms with Gasteiger partial charge in [0.15, 0.2) is 6.61 Å². The van der Waals surface area contributed by atoms with Crippen LogP contribution in [0.2, 0.25) is 0 Å². The summed E-state index contributed by atoms with van der Waals surface area (Å²) in [5.41, 5.74) is 13.6. The van der Waals surface area contributed by atoms with E-state index in [4.69, 9.17) is 20.9 Å². The van der Waals surface area contributed by atoms with Gasteiger partial charge < -0.3 is 20.9 Å². The van der Waals surface area contributed by atoms with Crippen LogP contribution in [-0.4, -0.2) is 19.2 Å². The van der Waals surface area contributed by atoms with Gasteiger partial charge in [-0.25, -0.2) is 4.79 Å². The number of rotatable bonds is 6. The quantitative estimate of drug-likeness (QED) is 0.626. The van der Waals surface area contributed by atoms with Crippen LogP contribution in [0, 0.1) is 0 Å². The smallest absolute Gasteiger partial charge is 0.344 e. The molecule has 5 heteroatoms. The number of benzene rings is 2. The summed E-state index contributed by atoms with van der Waals surface area (Å²) >= 11 is 0. The Balaban J connectivity index is 1.67. The minimum Gasteiger partial charge on any atom is -0.482 e. The Morgan fingerprint density at radius 3 is 2.10 bits per heavy atom. The minimum atomic E-state index is -0.401. The highest BCUT2D eigenvalue weighted by Gasteiger charge is 2.04. The predicted octanol–water partition coefficient (Wildman–Crippen LogP) is 2.02. The van der Waals surface area contributed by atoms with E-state index < -0.39 is 5.97 Å². The highest BCUT2D eigenvalue weighted by atomic mass is 16.6. The van der Waals surface area contributed by atoms with Crippen molar-refractivity contribution in [2.24, 2.45) is 0 Å². The molecule has 2 aromatic carbocycles. The molecule has 0 radical (unpaired) electrons. The molecule has 0 aliphatic carbocycles. The number of hydrogen-bond donors (Lipinski definition) is 2. The van der Waals surface area contributed by atoms with Crippen LogP contribution in [0.15, 0.2) is 48.5 Å². The molecular formula is C16H18N2O3. The van der Waals surface area contributed by atoms with Crippen molar-refractivity contribution in [3.05, 3.63) is 54.1 Å². The Labute approximate surface area is 123 Å². The molecule has 0 saturated carbocycles. The van der Waals surface area contributed by atoms with Crippen LogP contribution in [0.3, 0.4) is 0 Å². The highest BCUT2D eigenvalue weighted by molar-refractivity contribution is 5.71. The second kappa shape index (κ2) is 7.19. The zero-order valence-corrected chi connectivity index (χ0v) is 11.6. The highest BCUT2D eigenvalue weighted by Crippen LogP contribution is 2.13. The molecule has 0 aliphatic rings. The second-order valence-electron chi connectivity index (χ2n) is 4.57. The molecule has 0 aromatic heterocycles. The van der Waals surface area contributed by atoms with E-state index in [1.807, 2.05) is 24.3 Å². The summed E-state index contributed by atoms with van der Waals surface area (Å²) < 4.78 is 10.4. The normalized spacial score (nSPS) is 10.1. The molecule has 0 unspecified atom stereocenters. The van der Waals surface area contributed by atoms with Gasteiger partial charge in [-0.15, -0.1) is 0 Å². The van der Waals surface area contributed by atoms with Crippen molar-refractivity contribution in [2.75, 3.05) is 24.7 Å². The van der Waals surface area contributed by atoms with E-state index in [1.54, 1.807) is 24.3 Å². The molecule has 0 amide bonds. The summed E-state index contributed by atoms with van der Waals surface area (Å²) in [6.45, 7) is 0.194. The number of ether oxygens (including phenoxy) is 2. The maximum absolute atomic E-state index is 11.5. The summed E-state index contributed by atoms with van der Waals surface area (Å²) in [5, 5.41) is 0.